The van der Waals surface area contributed by atoms with Crippen LogP contribution in [-0.4, -0.2) is 31.1 Å². The first-order valence-corrected chi connectivity index (χ1v) is 7.56. The zero-order chi connectivity index (χ0) is 14.4. The van der Waals surface area contributed by atoms with Crippen LogP contribution in [0.5, 0.6) is 0 Å². The lowest BCUT2D eigenvalue weighted by Crippen LogP contribution is -2.50. The van der Waals surface area contributed by atoms with E-state index in [1.807, 2.05) is 18.2 Å². The number of para-hydroxylation sites is 1. The van der Waals surface area contributed by atoms with E-state index in [4.69, 9.17) is 5.73 Å². The quantitative estimate of drug-likeness (QED) is 0.723. The SMILES string of the molecule is CCCCN(CC(NC1CC1)C(N)=O)c1ccccc1. The topological polar surface area (TPSA) is 58.4 Å². The molecule has 1 aromatic carbocycles. The monoisotopic (exact) mass is 275 g/mol. The zero-order valence-electron chi connectivity index (χ0n) is 12.2. The summed E-state index contributed by atoms with van der Waals surface area (Å²) in [6.45, 7) is 3.78. The Balaban J connectivity index is 2.02. The van der Waals surface area contributed by atoms with Gasteiger partial charge in [0.15, 0.2) is 0 Å². The van der Waals surface area contributed by atoms with Crippen molar-refractivity contribution in [1.82, 2.24) is 5.32 Å². The Morgan fingerprint density at radius 3 is 2.65 bits per heavy atom. The lowest BCUT2D eigenvalue weighted by Gasteiger charge is -2.28. The maximum Gasteiger partial charge on any atom is 0.236 e. The summed E-state index contributed by atoms with van der Waals surface area (Å²) >= 11 is 0. The molecule has 4 nitrogen and oxygen atoms in total. The molecule has 0 spiro atoms. The van der Waals surface area contributed by atoms with Crippen LogP contribution in [0.2, 0.25) is 0 Å². The Hall–Kier alpha value is -1.55. The molecule has 0 saturated heterocycles. The van der Waals surface area contributed by atoms with E-state index >= 15 is 0 Å². The summed E-state index contributed by atoms with van der Waals surface area (Å²) in [6.07, 6.45) is 4.57. The van der Waals surface area contributed by atoms with Crippen LogP contribution in [0.25, 0.3) is 0 Å². The lowest BCUT2D eigenvalue weighted by molar-refractivity contribution is -0.119. The van der Waals surface area contributed by atoms with Crippen molar-refractivity contribution in [2.24, 2.45) is 5.73 Å². The predicted octanol–water partition coefficient (Wildman–Crippen LogP) is 1.90. The van der Waals surface area contributed by atoms with E-state index < -0.39 is 0 Å². The molecule has 1 atom stereocenters. The molecule has 1 aliphatic carbocycles. The van der Waals surface area contributed by atoms with Crippen molar-refractivity contribution in [3.63, 3.8) is 0 Å². The van der Waals surface area contributed by atoms with Crippen LogP contribution < -0.4 is 16.0 Å². The van der Waals surface area contributed by atoms with Crippen molar-refractivity contribution in [3.8, 4) is 0 Å². The summed E-state index contributed by atoms with van der Waals surface area (Å²) in [5.74, 6) is -0.255. The highest BCUT2D eigenvalue weighted by molar-refractivity contribution is 5.80. The number of hydrogen-bond donors (Lipinski definition) is 2. The normalized spacial score (nSPS) is 15.8. The number of benzene rings is 1. The van der Waals surface area contributed by atoms with Gasteiger partial charge in [-0.05, 0) is 31.4 Å². The molecule has 0 bridgehead atoms. The number of primary amides is 1. The van der Waals surface area contributed by atoms with E-state index in [2.05, 4.69) is 29.3 Å². The molecule has 2 rings (SSSR count). The number of rotatable bonds is 9. The molecule has 0 aliphatic heterocycles. The average molecular weight is 275 g/mol. The largest absolute Gasteiger partial charge is 0.369 e. The van der Waals surface area contributed by atoms with E-state index in [1.54, 1.807) is 0 Å². The molecule has 1 aromatic rings. The van der Waals surface area contributed by atoms with E-state index in [-0.39, 0.29) is 11.9 Å². The number of nitrogens with zero attached hydrogens (tertiary/aromatic N) is 1. The molecule has 0 radical (unpaired) electrons. The van der Waals surface area contributed by atoms with E-state index in [0.29, 0.717) is 12.6 Å². The Morgan fingerprint density at radius 2 is 2.10 bits per heavy atom. The van der Waals surface area contributed by atoms with Crippen LogP contribution in [0.3, 0.4) is 0 Å². The number of anilines is 1. The summed E-state index contributed by atoms with van der Waals surface area (Å²) in [7, 11) is 0. The van der Waals surface area contributed by atoms with Gasteiger partial charge in [0.2, 0.25) is 5.91 Å². The maximum absolute atomic E-state index is 11.6. The van der Waals surface area contributed by atoms with Crippen molar-refractivity contribution >= 4 is 11.6 Å². The fourth-order valence-electron chi connectivity index (χ4n) is 2.29. The molecule has 0 aromatic heterocycles. The van der Waals surface area contributed by atoms with Gasteiger partial charge in [0.25, 0.3) is 0 Å². The third kappa shape index (κ3) is 4.53. The number of carbonyl (C=O) groups excluding carboxylic acids is 1. The van der Waals surface area contributed by atoms with Crippen LogP contribution in [-0.2, 0) is 4.79 Å². The number of nitrogens with two attached hydrogens (primary N) is 1. The minimum absolute atomic E-state index is 0.255. The van der Waals surface area contributed by atoms with Crippen LogP contribution in [0.1, 0.15) is 32.6 Å². The fourth-order valence-corrected chi connectivity index (χ4v) is 2.29. The minimum atomic E-state index is -0.264. The number of nitrogens with one attached hydrogen (secondary N) is 1. The molecule has 0 heterocycles. The Labute approximate surface area is 121 Å². The molecule has 20 heavy (non-hydrogen) atoms. The van der Waals surface area contributed by atoms with Crippen molar-refractivity contribution in [2.45, 2.75) is 44.7 Å². The highest BCUT2D eigenvalue weighted by Gasteiger charge is 2.28. The van der Waals surface area contributed by atoms with Gasteiger partial charge in [-0.15, -0.1) is 0 Å². The van der Waals surface area contributed by atoms with E-state index in [0.717, 1.165) is 37.9 Å². The maximum atomic E-state index is 11.6. The summed E-state index contributed by atoms with van der Waals surface area (Å²) in [5.41, 5.74) is 6.70. The van der Waals surface area contributed by atoms with Gasteiger partial charge in [-0.3, -0.25) is 4.79 Å². The summed E-state index contributed by atoms with van der Waals surface area (Å²) < 4.78 is 0. The highest BCUT2D eigenvalue weighted by Crippen LogP contribution is 2.20. The van der Waals surface area contributed by atoms with Crippen LogP contribution in [0.4, 0.5) is 5.69 Å². The van der Waals surface area contributed by atoms with Crippen LogP contribution >= 0.6 is 0 Å². The van der Waals surface area contributed by atoms with Crippen molar-refractivity contribution in [2.75, 3.05) is 18.0 Å². The average Bonchev–Trinajstić information content (AvgIpc) is 3.27. The molecule has 1 saturated carbocycles. The Morgan fingerprint density at radius 1 is 1.40 bits per heavy atom. The Bertz CT molecular complexity index is 417. The zero-order valence-corrected chi connectivity index (χ0v) is 12.2. The van der Waals surface area contributed by atoms with Gasteiger partial charge in [0.05, 0.1) is 0 Å². The summed E-state index contributed by atoms with van der Waals surface area (Å²) in [6, 6.07) is 10.5. The smallest absolute Gasteiger partial charge is 0.236 e. The van der Waals surface area contributed by atoms with E-state index in [1.165, 1.54) is 0 Å². The lowest BCUT2D eigenvalue weighted by atomic mass is 10.2. The van der Waals surface area contributed by atoms with Crippen molar-refractivity contribution < 1.29 is 4.79 Å². The van der Waals surface area contributed by atoms with Gasteiger partial charge >= 0.3 is 0 Å². The first-order chi connectivity index (χ1) is 9.70. The van der Waals surface area contributed by atoms with Gasteiger partial charge in [0.1, 0.15) is 6.04 Å². The van der Waals surface area contributed by atoms with Crippen molar-refractivity contribution in [3.05, 3.63) is 30.3 Å². The second-order valence-corrected chi connectivity index (χ2v) is 5.53. The number of unbranched alkanes of at least 4 members (excludes halogenated alkanes) is 1. The van der Waals surface area contributed by atoms with Crippen LogP contribution in [0, 0.1) is 0 Å². The van der Waals surface area contributed by atoms with Gasteiger partial charge in [-0.25, -0.2) is 0 Å². The Kier molecular flexibility index (Phi) is 5.41. The minimum Gasteiger partial charge on any atom is -0.369 e. The van der Waals surface area contributed by atoms with Gasteiger partial charge < -0.3 is 16.0 Å². The predicted molar refractivity (Wildman–Crippen MR) is 82.7 cm³/mol. The van der Waals surface area contributed by atoms with Crippen LogP contribution in [0.15, 0.2) is 30.3 Å². The van der Waals surface area contributed by atoms with Crippen molar-refractivity contribution in [1.29, 1.82) is 0 Å². The molecule has 1 amide bonds. The molecular weight excluding hydrogens is 250 g/mol. The number of amides is 1. The first kappa shape index (κ1) is 14.9. The third-order valence-corrected chi connectivity index (χ3v) is 3.66. The molecule has 3 N–H and O–H groups in total. The second-order valence-electron chi connectivity index (χ2n) is 5.53. The fraction of sp³-hybridized carbons (Fsp3) is 0.562. The molecule has 1 aliphatic rings. The summed E-state index contributed by atoms with van der Waals surface area (Å²) in [4.78, 5) is 13.9. The summed E-state index contributed by atoms with van der Waals surface area (Å²) in [5, 5.41) is 3.35. The molecule has 1 unspecified atom stereocenters. The van der Waals surface area contributed by atoms with Gasteiger partial charge in [-0.1, -0.05) is 31.5 Å². The standard InChI is InChI=1S/C16H25N3O/c1-2-3-11-19(14-7-5-4-6-8-14)12-15(16(17)20)18-13-9-10-13/h4-8,13,15,18H,2-3,9-12H2,1H3,(H2,17,20). The second kappa shape index (κ2) is 7.29. The molecule has 1 fully saturated rings. The van der Waals surface area contributed by atoms with E-state index in [9.17, 15) is 4.79 Å². The number of carbonyl (C=O) groups is 1. The van der Waals surface area contributed by atoms with Gasteiger partial charge in [0, 0.05) is 24.8 Å². The van der Waals surface area contributed by atoms with Gasteiger partial charge in [-0.2, -0.15) is 0 Å². The molecule has 4 heteroatoms. The molecular formula is C16H25N3O. The number of hydrogen-bond acceptors (Lipinski definition) is 3. The third-order valence-electron chi connectivity index (χ3n) is 3.66. The highest BCUT2D eigenvalue weighted by atomic mass is 16.1. The first-order valence-electron chi connectivity index (χ1n) is 7.56. The molecule has 110 valence electrons.